The van der Waals surface area contributed by atoms with Gasteiger partial charge in [-0.2, -0.15) is 5.10 Å². The van der Waals surface area contributed by atoms with Gasteiger partial charge in [0.2, 0.25) is 5.91 Å². The molecule has 1 saturated carbocycles. The van der Waals surface area contributed by atoms with Gasteiger partial charge in [0, 0.05) is 30.1 Å². The second-order valence-electron chi connectivity index (χ2n) is 16.5. The molecule has 0 spiro atoms. The van der Waals surface area contributed by atoms with Crippen LogP contribution in [0, 0.1) is 18.7 Å². The van der Waals surface area contributed by atoms with Crippen molar-refractivity contribution in [1.82, 2.24) is 24.2 Å². The van der Waals surface area contributed by atoms with E-state index in [1.807, 2.05) is 43.3 Å². The van der Waals surface area contributed by atoms with E-state index in [-0.39, 0.29) is 18.6 Å². The zero-order valence-corrected chi connectivity index (χ0v) is 35.6. The maximum atomic E-state index is 15.1. The molecule has 1 aliphatic heterocycles. The van der Waals surface area contributed by atoms with E-state index in [1.165, 1.54) is 35.1 Å². The van der Waals surface area contributed by atoms with Gasteiger partial charge in [0.15, 0.2) is 0 Å². The summed E-state index contributed by atoms with van der Waals surface area (Å²) in [6.07, 6.45) is 6.62. The fraction of sp³-hybridized carbons (Fsp3) is 0.378. The predicted molar refractivity (Wildman–Crippen MR) is 230 cm³/mol. The molecule has 1 saturated heterocycles. The molecular weight excluding hydrogens is 786 g/mol. The van der Waals surface area contributed by atoms with E-state index in [0.29, 0.717) is 51.0 Å². The third kappa shape index (κ3) is 7.51. The van der Waals surface area contributed by atoms with Crippen molar-refractivity contribution in [1.29, 1.82) is 0 Å². The van der Waals surface area contributed by atoms with Gasteiger partial charge in [-0.15, -0.1) is 0 Å². The molecule has 3 aromatic carbocycles. The second kappa shape index (κ2) is 16.5. The first-order chi connectivity index (χ1) is 28.4. The summed E-state index contributed by atoms with van der Waals surface area (Å²) in [6, 6.07) is 25.2. The monoisotopic (exact) mass is 835 g/mol. The molecule has 0 unspecified atom stereocenters. The van der Waals surface area contributed by atoms with Gasteiger partial charge >= 0.3 is 5.69 Å². The van der Waals surface area contributed by atoms with Crippen molar-refractivity contribution < 1.29 is 23.5 Å². The van der Waals surface area contributed by atoms with Crippen molar-refractivity contribution in [3.05, 3.63) is 135 Å². The second-order valence-corrected chi connectivity index (χ2v) is 21.4. The number of thiophene rings is 1. The van der Waals surface area contributed by atoms with Gasteiger partial charge in [-0.25, -0.2) is 18.4 Å². The lowest BCUT2D eigenvalue weighted by Crippen LogP contribution is -2.65. The minimum Gasteiger partial charge on any atom is -0.496 e. The molecule has 11 nitrogen and oxygen atoms in total. The highest BCUT2D eigenvalue weighted by Crippen LogP contribution is 2.46. The van der Waals surface area contributed by atoms with Gasteiger partial charge in [-0.05, 0) is 91.0 Å². The quantitative estimate of drug-likeness (QED) is 0.133. The van der Waals surface area contributed by atoms with Crippen LogP contribution < -0.4 is 31.7 Å². The standard InChI is InChI=1S/C45H50FN5O6SSi/c1-29-39-41(53)51(36-22-24-47-40(36)52)44(54)49(43(39)58-42(29)50-25-11-23-48-50)28-38(35-26-31(46)18-21-37(35)56-4)57-32-19-16-30(17-20-32)27-45(2,3)59(55,33-12-7-5-8-13-33)34-14-9-6-10-15-34/h5-15,18,21,23,25-26,30,32,36,38,55H,16-17,19-20,22,24,27-28H2,1-4H3,(H,47,52)/t30?,32?,36-,38-/m0/s1. The van der Waals surface area contributed by atoms with Crippen LogP contribution in [0.2, 0.25) is 5.04 Å². The average molecular weight is 836 g/mol. The van der Waals surface area contributed by atoms with Gasteiger partial charge in [-0.3, -0.25) is 14.2 Å². The Bertz CT molecular complexity index is 2530. The Kier molecular flexibility index (Phi) is 11.3. The van der Waals surface area contributed by atoms with Crippen molar-refractivity contribution in [2.45, 2.75) is 89.1 Å². The van der Waals surface area contributed by atoms with E-state index in [0.717, 1.165) is 47.0 Å². The molecular formula is C45H50FN5O6SSi. The molecule has 2 aliphatic rings. The first-order valence-corrected chi connectivity index (χ1v) is 23.1. The Morgan fingerprint density at radius 3 is 2.24 bits per heavy atom. The highest BCUT2D eigenvalue weighted by atomic mass is 32.1. The highest BCUT2D eigenvalue weighted by Gasteiger charge is 2.51. The number of benzene rings is 3. The number of rotatable bonds is 13. The van der Waals surface area contributed by atoms with Crippen molar-refractivity contribution in [3.63, 3.8) is 0 Å². The van der Waals surface area contributed by atoms with Crippen LogP contribution in [0.15, 0.2) is 107 Å². The summed E-state index contributed by atoms with van der Waals surface area (Å²) < 4.78 is 32.1. The summed E-state index contributed by atoms with van der Waals surface area (Å²) in [5, 5.41) is 9.73. The lowest BCUT2D eigenvalue weighted by atomic mass is 9.82. The molecule has 0 bridgehead atoms. The van der Waals surface area contributed by atoms with Gasteiger partial charge in [0.1, 0.15) is 33.5 Å². The predicted octanol–water partition coefficient (Wildman–Crippen LogP) is 6.17. The maximum Gasteiger partial charge on any atom is 0.332 e. The number of carbonyl (C=O) groups is 1. The summed E-state index contributed by atoms with van der Waals surface area (Å²) in [5.41, 5.74) is -0.0983. The van der Waals surface area contributed by atoms with Crippen molar-refractivity contribution in [3.8, 4) is 10.8 Å². The fourth-order valence-corrected chi connectivity index (χ4v) is 14.5. The van der Waals surface area contributed by atoms with Crippen LogP contribution in [0.5, 0.6) is 5.75 Å². The van der Waals surface area contributed by atoms with Crippen LogP contribution in [0.4, 0.5) is 4.39 Å². The van der Waals surface area contributed by atoms with E-state index in [4.69, 9.17) is 9.47 Å². The van der Waals surface area contributed by atoms with Crippen molar-refractivity contribution >= 4 is 46.2 Å². The van der Waals surface area contributed by atoms with Gasteiger partial charge in [0.05, 0.1) is 25.1 Å². The molecule has 8 rings (SSSR count). The van der Waals surface area contributed by atoms with Crippen molar-refractivity contribution in [2.75, 3.05) is 13.7 Å². The topological polar surface area (TPSA) is 130 Å². The zero-order chi connectivity index (χ0) is 41.5. The Labute approximate surface area is 347 Å². The zero-order valence-electron chi connectivity index (χ0n) is 33.8. The fourth-order valence-electron chi connectivity index (χ4n) is 9.44. The number of methoxy groups -OCH3 is 1. The Morgan fingerprint density at radius 1 is 0.966 bits per heavy atom. The molecule has 308 valence electrons. The Hall–Kier alpha value is -5.15. The normalized spacial score (nSPS) is 19.2. The van der Waals surface area contributed by atoms with Crippen molar-refractivity contribution in [2.24, 2.45) is 5.92 Å². The molecule has 2 N–H and O–H groups in total. The molecule has 2 atom stereocenters. The Morgan fingerprint density at radius 2 is 1.64 bits per heavy atom. The summed E-state index contributed by atoms with van der Waals surface area (Å²) >= 11 is 1.26. The third-order valence-electron chi connectivity index (χ3n) is 12.5. The minimum atomic E-state index is -3.20. The van der Waals surface area contributed by atoms with Gasteiger partial charge < -0.3 is 19.6 Å². The van der Waals surface area contributed by atoms with Gasteiger partial charge in [-0.1, -0.05) is 85.8 Å². The minimum absolute atomic E-state index is 0.0675. The number of carbonyl (C=O) groups excluding carboxylic acids is 1. The van der Waals surface area contributed by atoms with E-state index in [2.05, 4.69) is 48.5 Å². The molecule has 0 radical (unpaired) electrons. The molecule has 2 fully saturated rings. The number of amides is 1. The summed E-state index contributed by atoms with van der Waals surface area (Å²) in [4.78, 5) is 55.1. The molecule has 1 aliphatic carbocycles. The van der Waals surface area contributed by atoms with E-state index < -0.39 is 42.6 Å². The average Bonchev–Trinajstić information content (AvgIpc) is 4.01. The molecule has 4 heterocycles. The van der Waals surface area contributed by atoms with Crippen LogP contribution in [0.25, 0.3) is 15.2 Å². The van der Waals surface area contributed by atoms with Crippen LogP contribution in [-0.4, -0.2) is 57.7 Å². The third-order valence-corrected chi connectivity index (χ3v) is 18.3. The first kappa shape index (κ1) is 40.6. The van der Waals surface area contributed by atoms with Crippen LogP contribution in [0.3, 0.4) is 0 Å². The number of nitrogens with one attached hydrogen (secondary N) is 1. The molecule has 1 amide bonds. The largest absolute Gasteiger partial charge is 0.496 e. The number of aromatic nitrogens is 4. The van der Waals surface area contributed by atoms with E-state index in [9.17, 15) is 19.2 Å². The SMILES string of the molecule is COc1ccc(F)cc1[C@H](Cn1c(=O)n([C@H]2CCNC2=O)c(=O)c2c(C)c(-n3cccn3)sc21)OC1CCC(CC(C)(C)[Si](O)(c2ccccc2)c2ccccc2)CC1. The van der Waals surface area contributed by atoms with Crippen LogP contribution in [0.1, 0.15) is 75.6 Å². The number of hydrogen-bond donors (Lipinski definition) is 2. The number of hydrogen-bond acceptors (Lipinski definition) is 8. The molecule has 3 aromatic heterocycles. The summed E-state index contributed by atoms with van der Waals surface area (Å²) in [7, 11) is -1.69. The van der Waals surface area contributed by atoms with Gasteiger partial charge in [0.25, 0.3) is 13.9 Å². The number of aryl methyl sites for hydroxylation is 1. The number of halogens is 1. The number of fused-ring (bicyclic) bond motifs is 1. The van der Waals surface area contributed by atoms with Crippen LogP contribution in [-0.2, 0) is 16.1 Å². The lowest BCUT2D eigenvalue weighted by Gasteiger charge is -2.44. The maximum absolute atomic E-state index is 15.1. The van der Waals surface area contributed by atoms with Crippen LogP contribution >= 0.6 is 11.3 Å². The summed E-state index contributed by atoms with van der Waals surface area (Å²) in [5.74, 6) is -0.128. The number of nitrogens with zero attached hydrogens (tertiary/aromatic N) is 4. The van der Waals surface area contributed by atoms with E-state index >= 15 is 4.39 Å². The molecule has 59 heavy (non-hydrogen) atoms. The molecule has 14 heteroatoms. The smallest absolute Gasteiger partial charge is 0.332 e. The Balaban J connectivity index is 1.12. The highest BCUT2D eigenvalue weighted by molar-refractivity contribution is 7.21. The summed E-state index contributed by atoms with van der Waals surface area (Å²) in [6.45, 7) is 6.50. The number of ether oxygens (including phenoxy) is 2. The van der Waals surface area contributed by atoms with E-state index in [1.54, 1.807) is 29.2 Å². The first-order valence-electron chi connectivity index (χ1n) is 20.3. The lowest BCUT2D eigenvalue weighted by molar-refractivity contribution is -0.122. The molecule has 6 aromatic rings.